The molecule has 0 fully saturated rings. The van der Waals surface area contributed by atoms with Crippen molar-refractivity contribution in [1.82, 2.24) is 24.3 Å². The summed E-state index contributed by atoms with van der Waals surface area (Å²) < 4.78 is 46.3. The minimum Gasteiger partial charge on any atom is -0.382 e. The number of likely N-dealkylation sites (N-methyl/N-ethyl adjacent to an activating group) is 1. The van der Waals surface area contributed by atoms with E-state index in [1.54, 1.807) is 23.0 Å². The number of imidazole rings is 1. The van der Waals surface area contributed by atoms with Crippen LogP contribution in [0.1, 0.15) is 33.4 Å². The average molecular weight is 477 g/mol. The molecule has 4 heterocycles. The monoisotopic (exact) mass is 476 g/mol. The molecule has 0 bridgehead atoms. The number of aromatic nitrogens is 4. The maximum atomic E-state index is 13.4. The van der Waals surface area contributed by atoms with E-state index in [0.717, 1.165) is 6.07 Å². The van der Waals surface area contributed by atoms with Crippen molar-refractivity contribution >= 4 is 39.9 Å². The van der Waals surface area contributed by atoms with Gasteiger partial charge >= 0.3 is 6.18 Å². The Balaban J connectivity index is 1.54. The maximum absolute atomic E-state index is 13.4. The second-order valence-electron chi connectivity index (χ2n) is 7.64. The van der Waals surface area contributed by atoms with Crippen LogP contribution in [0.15, 0.2) is 36.8 Å². The lowest BCUT2D eigenvalue weighted by Gasteiger charge is -2.33. The van der Waals surface area contributed by atoms with Gasteiger partial charge in [0.15, 0.2) is 0 Å². The van der Waals surface area contributed by atoms with Gasteiger partial charge in [0.1, 0.15) is 17.0 Å². The summed E-state index contributed by atoms with van der Waals surface area (Å²) in [6.07, 6.45) is -1.46. The SMILES string of the molecule is CN(C(=O)c1cc2c(cc1Cl)nc(N)c1cncn12)[C@@H]1COCc2nc(C(F)(F)F)ccc21. The van der Waals surface area contributed by atoms with Crippen molar-refractivity contribution in [1.29, 1.82) is 0 Å². The highest BCUT2D eigenvalue weighted by Gasteiger charge is 2.36. The van der Waals surface area contributed by atoms with E-state index in [2.05, 4.69) is 15.0 Å². The van der Waals surface area contributed by atoms with Crippen LogP contribution in [0.4, 0.5) is 19.0 Å². The zero-order valence-electron chi connectivity index (χ0n) is 17.1. The number of nitrogens with two attached hydrogens (primary N) is 1. The van der Waals surface area contributed by atoms with Crippen LogP contribution >= 0.6 is 11.6 Å². The molecule has 0 saturated heterocycles. The minimum absolute atomic E-state index is 0.0692. The number of nitrogens with zero attached hydrogens (tertiary/aromatic N) is 5. The van der Waals surface area contributed by atoms with Gasteiger partial charge in [0.25, 0.3) is 5.91 Å². The molecule has 170 valence electrons. The van der Waals surface area contributed by atoms with E-state index in [-0.39, 0.29) is 35.3 Å². The molecule has 0 radical (unpaired) electrons. The molecule has 8 nitrogen and oxygen atoms in total. The Kier molecular flexibility index (Phi) is 4.91. The minimum atomic E-state index is -4.57. The number of rotatable bonds is 2. The van der Waals surface area contributed by atoms with Crippen molar-refractivity contribution in [3.05, 3.63) is 64.3 Å². The third-order valence-corrected chi connectivity index (χ3v) is 5.97. The molecule has 1 aromatic carbocycles. The van der Waals surface area contributed by atoms with E-state index < -0.39 is 23.8 Å². The van der Waals surface area contributed by atoms with Crippen LogP contribution in [-0.2, 0) is 17.5 Å². The first-order chi connectivity index (χ1) is 15.6. The van der Waals surface area contributed by atoms with Crippen molar-refractivity contribution in [2.45, 2.75) is 18.8 Å². The van der Waals surface area contributed by atoms with Gasteiger partial charge in [-0.2, -0.15) is 13.2 Å². The number of pyridine rings is 1. The highest BCUT2D eigenvalue weighted by molar-refractivity contribution is 6.34. The molecule has 12 heteroatoms. The Morgan fingerprint density at radius 2 is 2.06 bits per heavy atom. The van der Waals surface area contributed by atoms with Gasteiger partial charge in [0.05, 0.1) is 59.1 Å². The molecule has 0 unspecified atom stereocenters. The Labute approximate surface area is 189 Å². The summed E-state index contributed by atoms with van der Waals surface area (Å²) in [5.41, 5.74) is 7.43. The second-order valence-corrected chi connectivity index (χ2v) is 8.05. The first kappa shape index (κ1) is 21.4. The first-order valence-corrected chi connectivity index (χ1v) is 10.2. The van der Waals surface area contributed by atoms with Crippen LogP contribution in [0.2, 0.25) is 5.02 Å². The average Bonchev–Trinajstić information content (AvgIpc) is 3.27. The van der Waals surface area contributed by atoms with Crippen LogP contribution in [0.5, 0.6) is 0 Å². The Morgan fingerprint density at radius 3 is 2.82 bits per heavy atom. The molecule has 1 aliphatic heterocycles. The summed E-state index contributed by atoms with van der Waals surface area (Å²) in [6, 6.07) is 4.74. The summed E-state index contributed by atoms with van der Waals surface area (Å²) in [7, 11) is 1.54. The number of fused-ring (bicyclic) bond motifs is 4. The zero-order chi connectivity index (χ0) is 23.5. The fourth-order valence-electron chi connectivity index (χ4n) is 3.96. The van der Waals surface area contributed by atoms with E-state index in [1.807, 2.05) is 0 Å². The van der Waals surface area contributed by atoms with Crippen molar-refractivity contribution in [2.75, 3.05) is 19.4 Å². The van der Waals surface area contributed by atoms with E-state index in [9.17, 15) is 18.0 Å². The van der Waals surface area contributed by atoms with Gasteiger partial charge < -0.3 is 15.4 Å². The third kappa shape index (κ3) is 3.53. The molecule has 0 spiro atoms. The molecular formula is C21H16ClF3N6O2. The van der Waals surface area contributed by atoms with Crippen LogP contribution in [0, 0.1) is 0 Å². The number of halogens is 4. The van der Waals surface area contributed by atoms with Gasteiger partial charge in [0.2, 0.25) is 0 Å². The first-order valence-electron chi connectivity index (χ1n) is 9.78. The zero-order valence-corrected chi connectivity index (χ0v) is 17.9. The molecule has 3 aromatic heterocycles. The molecule has 1 aliphatic rings. The predicted octanol–water partition coefficient (Wildman–Crippen LogP) is 3.88. The summed E-state index contributed by atoms with van der Waals surface area (Å²) in [5, 5.41) is 0.160. The molecule has 1 atom stereocenters. The van der Waals surface area contributed by atoms with Gasteiger partial charge in [0, 0.05) is 12.6 Å². The fraction of sp³-hybridized carbons (Fsp3) is 0.238. The number of carbonyl (C=O) groups excluding carboxylic acids is 1. The molecule has 5 rings (SSSR count). The van der Waals surface area contributed by atoms with Crippen LogP contribution in [0.3, 0.4) is 0 Å². The molecule has 1 amide bonds. The lowest BCUT2D eigenvalue weighted by atomic mass is 10.0. The van der Waals surface area contributed by atoms with Crippen LogP contribution in [0.25, 0.3) is 16.6 Å². The standard InChI is InChI=1S/C21H16ClF3N6O2/c1-30(17-8-33-7-14-10(17)2-3-18(28-14)21(23,24)25)20(32)11-4-15-13(5-12(11)22)29-19(26)16-6-27-9-31(15)16/h2-6,9,17H,7-8H2,1H3,(H2,26,29)/t17-/m1/s1. The largest absolute Gasteiger partial charge is 0.433 e. The van der Waals surface area contributed by atoms with Gasteiger partial charge in [-0.25, -0.2) is 15.0 Å². The number of hydrogen-bond acceptors (Lipinski definition) is 6. The normalized spacial score (nSPS) is 16.2. The molecule has 2 N–H and O–H groups in total. The Hall–Kier alpha value is -3.44. The van der Waals surface area contributed by atoms with E-state index in [1.165, 1.54) is 24.1 Å². The van der Waals surface area contributed by atoms with E-state index in [0.29, 0.717) is 22.1 Å². The van der Waals surface area contributed by atoms with Crippen molar-refractivity contribution in [2.24, 2.45) is 0 Å². The van der Waals surface area contributed by atoms with Gasteiger partial charge in [-0.05, 0) is 18.2 Å². The Bertz CT molecular complexity index is 1420. The molecule has 0 aliphatic carbocycles. The number of carbonyl (C=O) groups is 1. The molecule has 0 saturated carbocycles. The third-order valence-electron chi connectivity index (χ3n) is 5.66. The molecule has 33 heavy (non-hydrogen) atoms. The van der Waals surface area contributed by atoms with Gasteiger partial charge in [-0.15, -0.1) is 0 Å². The van der Waals surface area contributed by atoms with Crippen molar-refractivity contribution < 1.29 is 22.7 Å². The lowest BCUT2D eigenvalue weighted by Crippen LogP contribution is -2.37. The number of benzene rings is 1. The smallest absolute Gasteiger partial charge is 0.382 e. The highest BCUT2D eigenvalue weighted by Crippen LogP contribution is 2.34. The summed E-state index contributed by atoms with van der Waals surface area (Å²) >= 11 is 6.41. The lowest BCUT2D eigenvalue weighted by molar-refractivity contribution is -0.141. The quantitative estimate of drug-likeness (QED) is 0.471. The van der Waals surface area contributed by atoms with Gasteiger partial charge in [-0.3, -0.25) is 9.20 Å². The second kappa shape index (κ2) is 7.56. The van der Waals surface area contributed by atoms with Crippen LogP contribution < -0.4 is 5.73 Å². The molecular weight excluding hydrogens is 461 g/mol. The maximum Gasteiger partial charge on any atom is 0.433 e. The van der Waals surface area contributed by atoms with E-state index in [4.69, 9.17) is 22.1 Å². The fourth-order valence-corrected chi connectivity index (χ4v) is 4.20. The topological polar surface area (TPSA) is 98.6 Å². The summed E-state index contributed by atoms with van der Waals surface area (Å²) in [4.78, 5) is 26.9. The highest BCUT2D eigenvalue weighted by atomic mass is 35.5. The Morgan fingerprint density at radius 1 is 1.27 bits per heavy atom. The summed E-state index contributed by atoms with van der Waals surface area (Å²) in [5.74, 6) is -0.165. The number of ether oxygens (including phenoxy) is 1. The predicted molar refractivity (Wildman–Crippen MR) is 114 cm³/mol. The number of anilines is 1. The number of hydrogen-bond donors (Lipinski definition) is 1. The van der Waals surface area contributed by atoms with Gasteiger partial charge in [-0.1, -0.05) is 17.7 Å². The van der Waals surface area contributed by atoms with Crippen molar-refractivity contribution in [3.63, 3.8) is 0 Å². The molecule has 4 aromatic rings. The van der Waals surface area contributed by atoms with Crippen molar-refractivity contribution in [3.8, 4) is 0 Å². The summed E-state index contributed by atoms with van der Waals surface area (Å²) in [6.45, 7) is 0.0392. The van der Waals surface area contributed by atoms with Crippen LogP contribution in [-0.4, -0.2) is 43.8 Å². The number of nitrogen functional groups attached to an aromatic ring is 1. The van der Waals surface area contributed by atoms with E-state index >= 15 is 0 Å². The number of amides is 1. The number of alkyl halides is 3.